The van der Waals surface area contributed by atoms with Crippen molar-refractivity contribution in [1.29, 1.82) is 0 Å². The molecule has 1 amide bonds. The number of carbonyl (C=O) groups excluding carboxylic acids is 1. The van der Waals surface area contributed by atoms with Crippen molar-refractivity contribution in [2.45, 2.75) is 45.7 Å². The number of hydrogen-bond acceptors (Lipinski definition) is 2. The van der Waals surface area contributed by atoms with Crippen LogP contribution in [0.1, 0.15) is 34.1 Å². The third-order valence-electron chi connectivity index (χ3n) is 2.16. The van der Waals surface area contributed by atoms with Crippen molar-refractivity contribution in [3.05, 3.63) is 0 Å². The summed E-state index contributed by atoms with van der Waals surface area (Å²) in [6.07, 6.45) is 1.03. The quantitative estimate of drug-likeness (QED) is 0.716. The summed E-state index contributed by atoms with van der Waals surface area (Å²) < 4.78 is 0. The van der Waals surface area contributed by atoms with Crippen LogP contribution < -0.4 is 5.32 Å². The minimum absolute atomic E-state index is 0.118. The predicted octanol–water partition coefficient (Wildman–Crippen LogP) is 1.24. The number of likely N-dealkylation sites (N-methyl/N-ethyl adjacent to an activating group) is 1. The molecule has 0 aliphatic heterocycles. The lowest BCUT2D eigenvalue weighted by atomic mass is 10.0. The topological polar surface area (TPSA) is 32.3 Å². The van der Waals surface area contributed by atoms with Gasteiger partial charge in [0.05, 0.1) is 5.54 Å². The van der Waals surface area contributed by atoms with Gasteiger partial charge in [0.1, 0.15) is 0 Å². The molecule has 1 unspecified atom stereocenters. The Morgan fingerprint density at radius 2 is 1.92 bits per heavy atom. The monoisotopic (exact) mass is 186 g/mol. The van der Waals surface area contributed by atoms with E-state index in [0.29, 0.717) is 6.04 Å². The molecule has 0 saturated carbocycles. The molecule has 0 saturated heterocycles. The standard InChI is InChI=1S/C10H22N2O/c1-7-8(2)11-10(3,4)9(13)12(5)6/h8,11H,7H2,1-6H3. The molecule has 3 nitrogen and oxygen atoms in total. The van der Waals surface area contributed by atoms with Crippen molar-refractivity contribution >= 4 is 5.91 Å². The third kappa shape index (κ3) is 3.77. The minimum atomic E-state index is -0.459. The fraction of sp³-hybridized carbons (Fsp3) is 0.900. The van der Waals surface area contributed by atoms with Gasteiger partial charge >= 0.3 is 0 Å². The summed E-state index contributed by atoms with van der Waals surface area (Å²) in [5.74, 6) is 0.118. The normalized spacial score (nSPS) is 14.0. The average molecular weight is 186 g/mol. The van der Waals surface area contributed by atoms with Gasteiger partial charge in [0, 0.05) is 20.1 Å². The van der Waals surface area contributed by atoms with E-state index < -0.39 is 5.54 Å². The highest BCUT2D eigenvalue weighted by Gasteiger charge is 2.29. The second-order valence-corrected chi connectivity index (χ2v) is 4.28. The zero-order valence-electron chi connectivity index (χ0n) is 9.64. The molecule has 13 heavy (non-hydrogen) atoms. The fourth-order valence-electron chi connectivity index (χ4n) is 1.34. The molecule has 0 aliphatic rings. The molecule has 1 N–H and O–H groups in total. The molecule has 1 atom stereocenters. The molecular weight excluding hydrogens is 164 g/mol. The Kier molecular flexibility index (Phi) is 4.40. The Balaban J connectivity index is 4.30. The number of nitrogens with zero attached hydrogens (tertiary/aromatic N) is 1. The number of hydrogen-bond donors (Lipinski definition) is 1. The molecule has 0 spiro atoms. The molecule has 0 aromatic heterocycles. The van der Waals surface area contributed by atoms with Crippen molar-refractivity contribution < 1.29 is 4.79 Å². The number of amides is 1. The molecule has 0 aliphatic carbocycles. The lowest BCUT2D eigenvalue weighted by molar-refractivity contribution is -0.134. The Morgan fingerprint density at radius 1 is 1.46 bits per heavy atom. The Morgan fingerprint density at radius 3 is 2.23 bits per heavy atom. The van der Waals surface area contributed by atoms with E-state index in [1.54, 1.807) is 19.0 Å². The summed E-state index contributed by atoms with van der Waals surface area (Å²) in [6, 6.07) is 0.374. The Hall–Kier alpha value is -0.570. The third-order valence-corrected chi connectivity index (χ3v) is 2.16. The zero-order chi connectivity index (χ0) is 10.6. The molecule has 0 heterocycles. The summed E-state index contributed by atoms with van der Waals surface area (Å²) in [5, 5.41) is 3.30. The molecule has 0 aromatic carbocycles. The summed E-state index contributed by atoms with van der Waals surface area (Å²) >= 11 is 0. The van der Waals surface area contributed by atoms with Crippen molar-refractivity contribution in [1.82, 2.24) is 10.2 Å². The SMILES string of the molecule is CCC(C)NC(C)(C)C(=O)N(C)C. The van der Waals surface area contributed by atoms with Crippen LogP contribution in [0.15, 0.2) is 0 Å². The number of carbonyl (C=O) groups is 1. The van der Waals surface area contributed by atoms with E-state index in [9.17, 15) is 4.79 Å². The van der Waals surface area contributed by atoms with E-state index in [1.807, 2.05) is 13.8 Å². The lowest BCUT2D eigenvalue weighted by Crippen LogP contribution is -2.54. The number of nitrogens with one attached hydrogen (secondary N) is 1. The lowest BCUT2D eigenvalue weighted by Gasteiger charge is -2.31. The van der Waals surface area contributed by atoms with E-state index in [0.717, 1.165) is 6.42 Å². The van der Waals surface area contributed by atoms with Crippen molar-refractivity contribution in [3.8, 4) is 0 Å². The summed E-state index contributed by atoms with van der Waals surface area (Å²) in [7, 11) is 3.56. The van der Waals surface area contributed by atoms with E-state index in [2.05, 4.69) is 19.2 Å². The van der Waals surface area contributed by atoms with Crippen LogP contribution >= 0.6 is 0 Å². The summed E-state index contributed by atoms with van der Waals surface area (Å²) in [6.45, 7) is 8.03. The van der Waals surface area contributed by atoms with Crippen LogP contribution in [-0.4, -0.2) is 36.5 Å². The molecule has 0 bridgehead atoms. The fourth-order valence-corrected chi connectivity index (χ4v) is 1.34. The summed E-state index contributed by atoms with van der Waals surface area (Å²) in [4.78, 5) is 13.3. The molecule has 3 heteroatoms. The van der Waals surface area contributed by atoms with Gasteiger partial charge in [0.15, 0.2) is 0 Å². The van der Waals surface area contributed by atoms with Crippen LogP contribution in [0.4, 0.5) is 0 Å². The maximum absolute atomic E-state index is 11.7. The second kappa shape index (κ2) is 4.61. The molecule has 78 valence electrons. The van der Waals surface area contributed by atoms with Crippen molar-refractivity contribution in [2.24, 2.45) is 0 Å². The first-order valence-electron chi connectivity index (χ1n) is 4.80. The van der Waals surface area contributed by atoms with E-state index >= 15 is 0 Å². The van der Waals surface area contributed by atoms with Crippen LogP contribution in [0.5, 0.6) is 0 Å². The van der Waals surface area contributed by atoms with Crippen LogP contribution in [0.25, 0.3) is 0 Å². The van der Waals surface area contributed by atoms with Gasteiger partial charge in [-0.1, -0.05) is 6.92 Å². The molecular formula is C10H22N2O. The Bertz CT molecular complexity index is 176. The van der Waals surface area contributed by atoms with Gasteiger partial charge in [-0.3, -0.25) is 4.79 Å². The maximum atomic E-state index is 11.7. The maximum Gasteiger partial charge on any atom is 0.241 e. The first kappa shape index (κ1) is 12.4. The van der Waals surface area contributed by atoms with Crippen molar-refractivity contribution in [2.75, 3.05) is 14.1 Å². The highest BCUT2D eigenvalue weighted by Crippen LogP contribution is 2.08. The molecule has 0 fully saturated rings. The molecule has 0 radical (unpaired) electrons. The van der Waals surface area contributed by atoms with Gasteiger partial charge in [-0.2, -0.15) is 0 Å². The van der Waals surface area contributed by atoms with Crippen LogP contribution in [0, 0.1) is 0 Å². The highest BCUT2D eigenvalue weighted by atomic mass is 16.2. The largest absolute Gasteiger partial charge is 0.347 e. The summed E-state index contributed by atoms with van der Waals surface area (Å²) in [5.41, 5.74) is -0.459. The van der Waals surface area contributed by atoms with Gasteiger partial charge < -0.3 is 10.2 Å². The van der Waals surface area contributed by atoms with E-state index in [1.165, 1.54) is 0 Å². The zero-order valence-corrected chi connectivity index (χ0v) is 9.64. The van der Waals surface area contributed by atoms with E-state index in [4.69, 9.17) is 0 Å². The van der Waals surface area contributed by atoms with Gasteiger partial charge in [-0.05, 0) is 27.2 Å². The van der Waals surface area contributed by atoms with Crippen LogP contribution in [-0.2, 0) is 4.79 Å². The molecule has 0 rings (SSSR count). The van der Waals surface area contributed by atoms with Crippen molar-refractivity contribution in [3.63, 3.8) is 0 Å². The van der Waals surface area contributed by atoms with E-state index in [-0.39, 0.29) is 5.91 Å². The number of rotatable bonds is 4. The first-order valence-corrected chi connectivity index (χ1v) is 4.80. The van der Waals surface area contributed by atoms with Gasteiger partial charge in [-0.15, -0.1) is 0 Å². The van der Waals surface area contributed by atoms with Gasteiger partial charge in [0.2, 0.25) is 5.91 Å². The Labute approximate surface area is 81.5 Å². The highest BCUT2D eigenvalue weighted by molar-refractivity contribution is 5.85. The predicted molar refractivity (Wildman–Crippen MR) is 55.7 cm³/mol. The average Bonchev–Trinajstić information content (AvgIpc) is 2.01. The van der Waals surface area contributed by atoms with Gasteiger partial charge in [0.25, 0.3) is 0 Å². The smallest absolute Gasteiger partial charge is 0.241 e. The van der Waals surface area contributed by atoms with Gasteiger partial charge in [-0.25, -0.2) is 0 Å². The second-order valence-electron chi connectivity index (χ2n) is 4.28. The van der Waals surface area contributed by atoms with Crippen LogP contribution in [0.2, 0.25) is 0 Å². The minimum Gasteiger partial charge on any atom is -0.347 e. The molecule has 0 aromatic rings. The first-order chi connectivity index (χ1) is 5.81. The van der Waals surface area contributed by atoms with Crippen LogP contribution in [0.3, 0.4) is 0 Å².